The SMILES string of the molecule is O=Cc1c(/C(=C/c2ccccc2)c2ccccc2)ccc2ccccc12. The minimum Gasteiger partial charge on any atom is -0.298 e. The van der Waals surface area contributed by atoms with Crippen molar-refractivity contribution in [3.63, 3.8) is 0 Å². The topological polar surface area (TPSA) is 17.1 Å². The van der Waals surface area contributed by atoms with Crippen LogP contribution in [0.15, 0.2) is 97.1 Å². The predicted molar refractivity (Wildman–Crippen MR) is 109 cm³/mol. The third-order valence-electron chi connectivity index (χ3n) is 4.57. The molecule has 1 nitrogen and oxygen atoms in total. The molecule has 0 heterocycles. The largest absolute Gasteiger partial charge is 0.298 e. The number of carbonyl (C=O) groups is 1. The zero-order valence-electron chi connectivity index (χ0n) is 14.3. The molecule has 0 aromatic heterocycles. The van der Waals surface area contributed by atoms with Crippen LogP contribution in [-0.2, 0) is 0 Å². The smallest absolute Gasteiger partial charge is 0.151 e. The van der Waals surface area contributed by atoms with Crippen molar-refractivity contribution in [2.75, 3.05) is 0 Å². The number of aldehydes is 1. The monoisotopic (exact) mass is 334 g/mol. The van der Waals surface area contributed by atoms with E-state index in [1.807, 2.05) is 66.7 Å². The van der Waals surface area contributed by atoms with Crippen molar-refractivity contribution in [2.24, 2.45) is 0 Å². The summed E-state index contributed by atoms with van der Waals surface area (Å²) in [6.07, 6.45) is 3.12. The minimum atomic E-state index is 0.731. The van der Waals surface area contributed by atoms with E-state index >= 15 is 0 Å². The van der Waals surface area contributed by atoms with Gasteiger partial charge in [0.05, 0.1) is 0 Å². The van der Waals surface area contributed by atoms with Crippen LogP contribution in [0.1, 0.15) is 27.0 Å². The third-order valence-corrected chi connectivity index (χ3v) is 4.57. The van der Waals surface area contributed by atoms with Gasteiger partial charge in [-0.1, -0.05) is 97.1 Å². The first-order valence-corrected chi connectivity index (χ1v) is 8.66. The summed E-state index contributed by atoms with van der Waals surface area (Å²) in [6.45, 7) is 0. The van der Waals surface area contributed by atoms with Crippen molar-refractivity contribution in [3.8, 4) is 0 Å². The summed E-state index contributed by atoms with van der Waals surface area (Å²) in [5, 5.41) is 2.06. The van der Waals surface area contributed by atoms with Crippen molar-refractivity contribution < 1.29 is 4.79 Å². The summed E-state index contributed by atoms with van der Waals surface area (Å²) in [4.78, 5) is 12.0. The molecule has 0 N–H and O–H groups in total. The van der Waals surface area contributed by atoms with E-state index in [2.05, 4.69) is 36.4 Å². The second kappa shape index (κ2) is 7.20. The van der Waals surface area contributed by atoms with Gasteiger partial charge in [-0.05, 0) is 39.1 Å². The van der Waals surface area contributed by atoms with Gasteiger partial charge in [0.25, 0.3) is 0 Å². The molecule has 0 unspecified atom stereocenters. The fraction of sp³-hybridized carbons (Fsp3) is 0. The Hall–Kier alpha value is -3.45. The number of rotatable bonds is 4. The molecule has 26 heavy (non-hydrogen) atoms. The maximum Gasteiger partial charge on any atom is 0.151 e. The number of fused-ring (bicyclic) bond motifs is 1. The van der Waals surface area contributed by atoms with Crippen LogP contribution in [0.25, 0.3) is 22.4 Å². The van der Waals surface area contributed by atoms with Crippen LogP contribution in [0.3, 0.4) is 0 Å². The lowest BCUT2D eigenvalue weighted by molar-refractivity contribution is 0.112. The molecule has 1 heteroatoms. The van der Waals surface area contributed by atoms with Crippen LogP contribution < -0.4 is 0 Å². The van der Waals surface area contributed by atoms with Gasteiger partial charge in [-0.15, -0.1) is 0 Å². The molecule has 4 aromatic carbocycles. The average molecular weight is 334 g/mol. The molecule has 0 fully saturated rings. The maximum absolute atomic E-state index is 12.0. The zero-order valence-corrected chi connectivity index (χ0v) is 14.3. The van der Waals surface area contributed by atoms with Crippen LogP contribution in [0.2, 0.25) is 0 Å². The van der Waals surface area contributed by atoms with Crippen LogP contribution in [-0.4, -0.2) is 6.29 Å². The second-order valence-electron chi connectivity index (χ2n) is 6.20. The number of hydrogen-bond donors (Lipinski definition) is 0. The third kappa shape index (κ3) is 3.07. The van der Waals surface area contributed by atoms with Gasteiger partial charge in [0.15, 0.2) is 6.29 Å². The van der Waals surface area contributed by atoms with Crippen LogP contribution in [0, 0.1) is 0 Å². The highest BCUT2D eigenvalue weighted by Gasteiger charge is 2.13. The molecule has 0 aliphatic carbocycles. The number of benzene rings is 4. The highest BCUT2D eigenvalue weighted by Crippen LogP contribution is 2.32. The molecule has 124 valence electrons. The van der Waals surface area contributed by atoms with E-state index in [9.17, 15) is 4.79 Å². The molecule has 0 aliphatic heterocycles. The normalized spacial score (nSPS) is 11.5. The summed E-state index contributed by atoms with van der Waals surface area (Å²) in [5.74, 6) is 0. The Labute approximate surface area is 153 Å². The molecular formula is C25H18O. The summed E-state index contributed by atoms with van der Waals surface area (Å²) >= 11 is 0. The Morgan fingerprint density at radius 3 is 2.04 bits per heavy atom. The van der Waals surface area contributed by atoms with E-state index in [1.165, 1.54) is 0 Å². The highest BCUT2D eigenvalue weighted by molar-refractivity contribution is 6.06. The molecule has 0 amide bonds. The van der Waals surface area contributed by atoms with Crippen molar-refractivity contribution >= 4 is 28.7 Å². The minimum absolute atomic E-state index is 0.731. The van der Waals surface area contributed by atoms with Crippen molar-refractivity contribution in [1.82, 2.24) is 0 Å². The fourth-order valence-corrected chi connectivity index (χ4v) is 3.31. The standard InChI is InChI=1S/C25H18O/c26-18-25-22-14-8-7-13-21(22)15-16-23(25)24(20-11-5-2-6-12-20)17-19-9-3-1-4-10-19/h1-18H/b24-17+. The molecule has 0 aliphatic rings. The molecule has 0 radical (unpaired) electrons. The van der Waals surface area contributed by atoms with Gasteiger partial charge in [-0.2, -0.15) is 0 Å². The van der Waals surface area contributed by atoms with Gasteiger partial charge >= 0.3 is 0 Å². The lowest BCUT2D eigenvalue weighted by Crippen LogP contribution is -1.96. The second-order valence-corrected chi connectivity index (χ2v) is 6.20. The lowest BCUT2D eigenvalue weighted by Gasteiger charge is -2.13. The van der Waals surface area contributed by atoms with Crippen molar-refractivity contribution in [2.45, 2.75) is 0 Å². The fourth-order valence-electron chi connectivity index (χ4n) is 3.31. The van der Waals surface area contributed by atoms with E-state index in [0.717, 1.165) is 44.9 Å². The Kier molecular flexibility index (Phi) is 4.44. The van der Waals surface area contributed by atoms with Crippen LogP contribution >= 0.6 is 0 Å². The molecule has 4 aromatic rings. The van der Waals surface area contributed by atoms with Gasteiger partial charge in [0.2, 0.25) is 0 Å². The maximum atomic E-state index is 12.0. The Morgan fingerprint density at radius 2 is 1.31 bits per heavy atom. The van der Waals surface area contributed by atoms with Gasteiger partial charge in [0, 0.05) is 5.56 Å². The van der Waals surface area contributed by atoms with E-state index in [-0.39, 0.29) is 0 Å². The van der Waals surface area contributed by atoms with E-state index in [1.54, 1.807) is 0 Å². The number of hydrogen-bond acceptors (Lipinski definition) is 1. The average Bonchev–Trinajstić information content (AvgIpc) is 2.72. The molecule has 0 saturated heterocycles. The molecular weight excluding hydrogens is 316 g/mol. The summed E-state index contributed by atoms with van der Waals surface area (Å²) in [7, 11) is 0. The van der Waals surface area contributed by atoms with Crippen molar-refractivity contribution in [1.29, 1.82) is 0 Å². The zero-order chi connectivity index (χ0) is 17.8. The molecule has 4 rings (SSSR count). The van der Waals surface area contributed by atoms with E-state index < -0.39 is 0 Å². The lowest BCUT2D eigenvalue weighted by atomic mass is 9.90. The quantitative estimate of drug-likeness (QED) is 0.319. The van der Waals surface area contributed by atoms with E-state index in [0.29, 0.717) is 0 Å². The number of carbonyl (C=O) groups excluding carboxylic acids is 1. The van der Waals surface area contributed by atoms with Crippen molar-refractivity contribution in [3.05, 3.63) is 119 Å². The molecule has 0 saturated carbocycles. The van der Waals surface area contributed by atoms with Gasteiger partial charge in [-0.25, -0.2) is 0 Å². The van der Waals surface area contributed by atoms with E-state index in [4.69, 9.17) is 0 Å². The Balaban J connectivity index is 2.00. The summed E-state index contributed by atoms with van der Waals surface area (Å²) in [6, 6.07) is 32.6. The summed E-state index contributed by atoms with van der Waals surface area (Å²) in [5.41, 5.74) is 4.93. The Morgan fingerprint density at radius 1 is 0.654 bits per heavy atom. The first kappa shape index (κ1) is 16.0. The summed E-state index contributed by atoms with van der Waals surface area (Å²) < 4.78 is 0. The molecule has 0 bridgehead atoms. The van der Waals surface area contributed by atoms with Crippen LogP contribution in [0.5, 0.6) is 0 Å². The predicted octanol–water partition coefficient (Wildman–Crippen LogP) is 6.24. The van der Waals surface area contributed by atoms with Gasteiger partial charge < -0.3 is 0 Å². The molecule has 0 spiro atoms. The highest BCUT2D eigenvalue weighted by atomic mass is 16.1. The van der Waals surface area contributed by atoms with Crippen LogP contribution in [0.4, 0.5) is 0 Å². The van der Waals surface area contributed by atoms with Gasteiger partial charge in [0.1, 0.15) is 0 Å². The Bertz CT molecular complexity index is 1080. The first-order valence-electron chi connectivity index (χ1n) is 8.66. The first-order chi connectivity index (χ1) is 12.9. The van der Waals surface area contributed by atoms with Gasteiger partial charge in [-0.3, -0.25) is 4.79 Å². The molecule has 0 atom stereocenters.